The lowest BCUT2D eigenvalue weighted by Crippen LogP contribution is -2.43. The summed E-state index contributed by atoms with van der Waals surface area (Å²) in [5.41, 5.74) is 5.74. The molecule has 0 fully saturated rings. The molecule has 44 heavy (non-hydrogen) atoms. The summed E-state index contributed by atoms with van der Waals surface area (Å²) in [4.78, 5) is 2.77. The number of aryl methyl sites for hydroxylation is 1. The molecule has 0 aliphatic carbocycles. The highest BCUT2D eigenvalue weighted by Gasteiger charge is 2.41. The van der Waals surface area contributed by atoms with Crippen LogP contribution >= 0.6 is 11.3 Å². The van der Waals surface area contributed by atoms with Gasteiger partial charge in [0, 0.05) is 5.56 Å². The number of hydrogen-bond donors (Lipinski definition) is 0. The lowest BCUT2D eigenvalue weighted by molar-refractivity contribution is 0.396. The van der Waals surface area contributed by atoms with Crippen LogP contribution in [0.5, 0.6) is 5.75 Å². The average molecular weight is 615 g/mol. The highest BCUT2D eigenvalue weighted by molar-refractivity contribution is 7.14. The van der Waals surface area contributed by atoms with E-state index >= 15 is 0 Å². The summed E-state index contributed by atoms with van der Waals surface area (Å²) in [5, 5.41) is 16.8. The third-order valence-corrected chi connectivity index (χ3v) is 14.1. The molecule has 0 unspecified atom stereocenters. The van der Waals surface area contributed by atoms with E-state index < -0.39 is 13.9 Å². The Morgan fingerprint density at radius 3 is 1.75 bits per heavy atom. The van der Waals surface area contributed by atoms with Crippen LogP contribution < -0.4 is 4.43 Å². The van der Waals surface area contributed by atoms with Gasteiger partial charge in [0.1, 0.15) is 5.75 Å². The van der Waals surface area contributed by atoms with Crippen LogP contribution in [0.25, 0.3) is 21.8 Å². The molecule has 0 atom stereocenters. The number of tetrazole rings is 1. The van der Waals surface area contributed by atoms with E-state index in [9.17, 15) is 0 Å². The van der Waals surface area contributed by atoms with Crippen LogP contribution in [0, 0.1) is 6.92 Å². The van der Waals surface area contributed by atoms with Crippen molar-refractivity contribution in [2.75, 3.05) is 0 Å². The molecular weight excluding hydrogens is 577 g/mol. The van der Waals surface area contributed by atoms with Crippen molar-refractivity contribution in [1.82, 2.24) is 20.2 Å². The maximum absolute atomic E-state index is 6.60. The number of rotatable bonds is 8. The Balaban J connectivity index is 1.45. The highest BCUT2D eigenvalue weighted by Crippen LogP contribution is 2.43. The molecule has 0 saturated carbocycles. The van der Waals surface area contributed by atoms with E-state index in [1.54, 1.807) is 16.1 Å². The molecule has 0 saturated heterocycles. The standard InChI is InChI=1S/C37H38N4OSSi/c1-27-26-31(42-44(5,6)36(2,3)4)22-23-32(27)33-24-25-43-34(33)35-38-40-41(39-35)37(28-16-10-7-11-17-28,29-18-12-8-13-19-29)30-20-14-9-15-21-30/h7-26H,1-6H3. The molecule has 6 aromatic rings. The minimum absolute atomic E-state index is 0.131. The lowest BCUT2D eigenvalue weighted by atomic mass is 9.77. The smallest absolute Gasteiger partial charge is 0.250 e. The molecule has 2 aromatic heterocycles. The van der Waals surface area contributed by atoms with Gasteiger partial charge >= 0.3 is 0 Å². The van der Waals surface area contributed by atoms with Crippen LogP contribution in [-0.2, 0) is 5.54 Å². The Hall–Kier alpha value is -4.33. The van der Waals surface area contributed by atoms with Crippen molar-refractivity contribution in [1.29, 1.82) is 0 Å². The SMILES string of the molecule is Cc1cc(O[Si](C)(C)C(C)(C)C)ccc1-c1ccsc1-c1nnn(C(c2ccccc2)(c2ccccc2)c2ccccc2)n1. The molecule has 0 bridgehead atoms. The van der Waals surface area contributed by atoms with Crippen molar-refractivity contribution in [2.45, 2.75) is 51.4 Å². The van der Waals surface area contributed by atoms with Gasteiger partial charge in [0.25, 0.3) is 0 Å². The monoisotopic (exact) mass is 614 g/mol. The van der Waals surface area contributed by atoms with E-state index in [1.165, 1.54) is 0 Å². The van der Waals surface area contributed by atoms with Crippen LogP contribution in [0.3, 0.4) is 0 Å². The van der Waals surface area contributed by atoms with Crippen LogP contribution in [0.2, 0.25) is 18.1 Å². The first-order chi connectivity index (χ1) is 21.1. The summed E-state index contributed by atoms with van der Waals surface area (Å²) in [6.45, 7) is 13.5. The fraction of sp³-hybridized carbons (Fsp3) is 0.216. The second kappa shape index (κ2) is 11.6. The molecule has 5 nitrogen and oxygen atoms in total. The predicted molar refractivity (Wildman–Crippen MR) is 184 cm³/mol. The molecule has 0 aliphatic heterocycles. The highest BCUT2D eigenvalue weighted by atomic mass is 32.1. The Kier molecular flexibility index (Phi) is 7.86. The zero-order valence-electron chi connectivity index (χ0n) is 26.2. The second-order valence-electron chi connectivity index (χ2n) is 12.7. The number of aromatic nitrogens is 4. The van der Waals surface area contributed by atoms with Gasteiger partial charge in [-0.05, 0) is 81.7 Å². The van der Waals surface area contributed by atoms with Gasteiger partial charge in [-0.1, -0.05) is 118 Å². The van der Waals surface area contributed by atoms with Gasteiger partial charge < -0.3 is 4.43 Å². The lowest BCUT2D eigenvalue weighted by Gasteiger charge is -2.36. The Labute approximate surface area is 265 Å². The molecule has 0 spiro atoms. The van der Waals surface area contributed by atoms with E-state index in [0.29, 0.717) is 5.82 Å². The maximum Gasteiger partial charge on any atom is 0.250 e. The Morgan fingerprint density at radius 1 is 0.705 bits per heavy atom. The summed E-state index contributed by atoms with van der Waals surface area (Å²) in [6.07, 6.45) is 0. The fourth-order valence-corrected chi connectivity index (χ4v) is 7.33. The summed E-state index contributed by atoms with van der Waals surface area (Å²) in [7, 11) is -1.94. The molecule has 0 radical (unpaired) electrons. The van der Waals surface area contributed by atoms with Crippen molar-refractivity contribution in [3.63, 3.8) is 0 Å². The Morgan fingerprint density at radius 2 is 1.25 bits per heavy atom. The van der Waals surface area contributed by atoms with Gasteiger partial charge in [-0.3, -0.25) is 0 Å². The largest absolute Gasteiger partial charge is 0.543 e. The van der Waals surface area contributed by atoms with Gasteiger partial charge in [0.15, 0.2) is 5.54 Å². The van der Waals surface area contributed by atoms with Crippen LogP contribution in [-0.4, -0.2) is 28.5 Å². The van der Waals surface area contributed by atoms with Gasteiger partial charge in [-0.25, -0.2) is 0 Å². The molecule has 0 amide bonds. The zero-order chi connectivity index (χ0) is 31.0. The number of thiophene rings is 1. The number of nitrogens with zero attached hydrogens (tertiary/aromatic N) is 4. The quantitative estimate of drug-likeness (QED) is 0.127. The third kappa shape index (κ3) is 5.31. The summed E-state index contributed by atoms with van der Waals surface area (Å²) < 4.78 is 6.60. The van der Waals surface area contributed by atoms with Gasteiger partial charge in [0.2, 0.25) is 14.1 Å². The van der Waals surface area contributed by atoms with E-state index in [-0.39, 0.29) is 5.04 Å². The normalized spacial score (nSPS) is 12.3. The summed E-state index contributed by atoms with van der Waals surface area (Å²) in [5.74, 6) is 1.53. The average Bonchev–Trinajstić information content (AvgIpc) is 3.69. The fourth-order valence-electron chi connectivity index (χ4n) is 5.48. The molecule has 4 aromatic carbocycles. The summed E-state index contributed by atoms with van der Waals surface area (Å²) >= 11 is 1.63. The van der Waals surface area contributed by atoms with Gasteiger partial charge in [0.05, 0.1) is 4.88 Å². The third-order valence-electron chi connectivity index (χ3n) is 8.82. The van der Waals surface area contributed by atoms with Crippen LogP contribution in [0.1, 0.15) is 43.0 Å². The molecule has 0 aliphatic rings. The van der Waals surface area contributed by atoms with Crippen molar-refractivity contribution in [2.24, 2.45) is 0 Å². The first-order valence-corrected chi connectivity index (χ1v) is 18.7. The first-order valence-electron chi connectivity index (χ1n) is 15.0. The molecular formula is C37H38N4OSSi. The Bertz CT molecular complexity index is 1760. The van der Waals surface area contributed by atoms with Crippen molar-refractivity contribution < 1.29 is 4.43 Å². The minimum atomic E-state index is -1.94. The van der Waals surface area contributed by atoms with E-state index in [2.05, 4.69) is 143 Å². The molecule has 6 rings (SSSR count). The first kappa shape index (κ1) is 29.7. The van der Waals surface area contributed by atoms with Crippen molar-refractivity contribution in [3.8, 4) is 27.6 Å². The summed E-state index contributed by atoms with van der Waals surface area (Å²) in [6, 6.07) is 39.9. The molecule has 222 valence electrons. The molecule has 0 N–H and O–H groups in total. The molecule has 2 heterocycles. The number of benzene rings is 4. The van der Waals surface area contributed by atoms with Crippen molar-refractivity contribution >= 4 is 19.7 Å². The predicted octanol–water partition coefficient (Wildman–Crippen LogP) is 9.60. The van der Waals surface area contributed by atoms with E-state index in [4.69, 9.17) is 19.8 Å². The van der Waals surface area contributed by atoms with Crippen LogP contribution in [0.4, 0.5) is 0 Å². The maximum atomic E-state index is 6.60. The zero-order valence-corrected chi connectivity index (χ0v) is 28.0. The van der Waals surface area contributed by atoms with Crippen molar-refractivity contribution in [3.05, 3.63) is 143 Å². The molecule has 7 heteroatoms. The minimum Gasteiger partial charge on any atom is -0.543 e. The second-order valence-corrected chi connectivity index (χ2v) is 18.4. The van der Waals surface area contributed by atoms with E-state index in [0.717, 1.165) is 44.0 Å². The van der Waals surface area contributed by atoms with Gasteiger partial charge in [-0.2, -0.15) is 0 Å². The van der Waals surface area contributed by atoms with Crippen LogP contribution in [0.15, 0.2) is 121 Å². The van der Waals surface area contributed by atoms with Gasteiger partial charge in [-0.15, -0.1) is 26.3 Å². The number of hydrogen-bond acceptors (Lipinski definition) is 5. The topological polar surface area (TPSA) is 52.8 Å². The van der Waals surface area contributed by atoms with E-state index in [1.807, 2.05) is 18.2 Å².